The molecule has 1 rings (SSSR count). The highest BCUT2D eigenvalue weighted by atomic mass is 32.2. The number of benzene rings is 1. The van der Waals surface area contributed by atoms with E-state index in [0.29, 0.717) is 6.54 Å². The molecule has 0 fully saturated rings. The van der Waals surface area contributed by atoms with Crippen LogP contribution in [0.15, 0.2) is 24.3 Å². The minimum atomic E-state index is -3.02. The molecule has 7 heteroatoms. The normalized spacial score (nSPS) is 13.2. The Hall–Kier alpha value is -1.47. The van der Waals surface area contributed by atoms with Crippen molar-refractivity contribution in [2.45, 2.75) is 19.5 Å². The van der Waals surface area contributed by atoms with E-state index in [1.807, 2.05) is 0 Å². The average Bonchev–Trinajstić information content (AvgIpc) is 2.24. The second-order valence-corrected chi connectivity index (χ2v) is 6.49. The van der Waals surface area contributed by atoms with E-state index in [1.165, 1.54) is 18.4 Å². The van der Waals surface area contributed by atoms with E-state index in [2.05, 4.69) is 5.32 Å². The molecule has 0 bridgehead atoms. The zero-order chi connectivity index (χ0) is 13.8. The highest BCUT2D eigenvalue weighted by Crippen LogP contribution is 2.12. The Labute approximate surface area is 106 Å². The molecule has 18 heavy (non-hydrogen) atoms. The molecule has 0 amide bonds. The topological polar surface area (TPSA) is 89.3 Å². The fourth-order valence-electron chi connectivity index (χ4n) is 1.59. The molecule has 0 aliphatic rings. The van der Waals surface area contributed by atoms with E-state index in [0.717, 1.165) is 5.56 Å². The molecule has 0 aliphatic heterocycles. The molecule has 0 aromatic heterocycles. The van der Waals surface area contributed by atoms with Gasteiger partial charge >= 0.3 is 0 Å². The molecule has 1 N–H and O–H groups in total. The van der Waals surface area contributed by atoms with Gasteiger partial charge in [-0.2, -0.15) is 0 Å². The fraction of sp³-hybridized carbons (Fsp3) is 0.455. The van der Waals surface area contributed by atoms with Gasteiger partial charge in [-0.3, -0.25) is 10.1 Å². The highest BCUT2D eigenvalue weighted by molar-refractivity contribution is 7.90. The molecule has 0 aliphatic carbocycles. The van der Waals surface area contributed by atoms with E-state index >= 15 is 0 Å². The predicted molar refractivity (Wildman–Crippen MR) is 69.1 cm³/mol. The van der Waals surface area contributed by atoms with Crippen molar-refractivity contribution in [2.75, 3.05) is 12.0 Å². The number of hydrogen-bond acceptors (Lipinski definition) is 5. The van der Waals surface area contributed by atoms with Gasteiger partial charge in [-0.25, -0.2) is 8.42 Å². The summed E-state index contributed by atoms with van der Waals surface area (Å²) in [4.78, 5) is 10.1. The zero-order valence-corrected chi connectivity index (χ0v) is 11.1. The molecular weight excluding hydrogens is 256 g/mol. The number of hydrogen-bond donors (Lipinski definition) is 1. The second kappa shape index (κ2) is 5.92. The van der Waals surface area contributed by atoms with Crippen LogP contribution in [0, 0.1) is 10.1 Å². The Morgan fingerprint density at radius 3 is 2.67 bits per heavy atom. The second-order valence-electron chi connectivity index (χ2n) is 4.30. The lowest BCUT2D eigenvalue weighted by atomic mass is 10.2. The van der Waals surface area contributed by atoms with Gasteiger partial charge in [0.05, 0.1) is 10.7 Å². The van der Waals surface area contributed by atoms with Crippen molar-refractivity contribution in [3.05, 3.63) is 39.9 Å². The van der Waals surface area contributed by atoms with Crippen LogP contribution in [-0.2, 0) is 16.4 Å². The quantitative estimate of drug-likeness (QED) is 0.619. The van der Waals surface area contributed by atoms with Crippen molar-refractivity contribution in [3.63, 3.8) is 0 Å². The summed E-state index contributed by atoms with van der Waals surface area (Å²) in [6.07, 6.45) is 1.18. The summed E-state index contributed by atoms with van der Waals surface area (Å²) < 4.78 is 22.1. The van der Waals surface area contributed by atoms with E-state index in [9.17, 15) is 18.5 Å². The number of rotatable bonds is 6. The molecule has 1 unspecified atom stereocenters. The summed E-state index contributed by atoms with van der Waals surface area (Å²) in [5.74, 6) is 0.0436. The summed E-state index contributed by atoms with van der Waals surface area (Å²) in [7, 11) is -3.02. The van der Waals surface area contributed by atoms with E-state index in [4.69, 9.17) is 0 Å². The number of nitro benzene ring substituents is 1. The Morgan fingerprint density at radius 1 is 1.44 bits per heavy atom. The summed E-state index contributed by atoms with van der Waals surface area (Å²) in [5.41, 5.74) is 0.787. The van der Waals surface area contributed by atoms with Crippen molar-refractivity contribution < 1.29 is 13.3 Å². The summed E-state index contributed by atoms with van der Waals surface area (Å²) in [6.45, 7) is 2.16. The molecule has 0 saturated heterocycles. The van der Waals surface area contributed by atoms with Crippen molar-refractivity contribution in [1.29, 1.82) is 0 Å². The van der Waals surface area contributed by atoms with Gasteiger partial charge in [-0.05, 0) is 12.5 Å². The molecule has 6 nitrogen and oxygen atoms in total. The summed E-state index contributed by atoms with van der Waals surface area (Å²) in [6, 6.07) is 6.06. The van der Waals surface area contributed by atoms with Crippen LogP contribution in [0.25, 0.3) is 0 Å². The van der Waals surface area contributed by atoms with Crippen molar-refractivity contribution >= 4 is 15.5 Å². The lowest BCUT2D eigenvalue weighted by molar-refractivity contribution is -0.384. The van der Waals surface area contributed by atoms with Crippen molar-refractivity contribution in [1.82, 2.24) is 5.32 Å². The van der Waals surface area contributed by atoms with Crippen LogP contribution in [-0.4, -0.2) is 31.4 Å². The Morgan fingerprint density at radius 2 is 2.11 bits per heavy atom. The lowest BCUT2D eigenvalue weighted by Gasteiger charge is -2.12. The average molecular weight is 272 g/mol. The van der Waals surface area contributed by atoms with Gasteiger partial charge in [-0.15, -0.1) is 0 Å². The van der Waals surface area contributed by atoms with E-state index in [-0.39, 0.29) is 17.5 Å². The maximum absolute atomic E-state index is 11.1. The van der Waals surface area contributed by atoms with Gasteiger partial charge in [0, 0.05) is 31.0 Å². The van der Waals surface area contributed by atoms with E-state index in [1.54, 1.807) is 19.1 Å². The van der Waals surface area contributed by atoms with Gasteiger partial charge in [0.25, 0.3) is 5.69 Å². The van der Waals surface area contributed by atoms with Gasteiger partial charge in [0.1, 0.15) is 9.84 Å². The number of nitrogens with zero attached hydrogens (tertiary/aromatic N) is 1. The first-order valence-corrected chi connectivity index (χ1v) is 7.48. The minimum Gasteiger partial charge on any atom is -0.309 e. The van der Waals surface area contributed by atoms with Gasteiger partial charge < -0.3 is 5.32 Å². The molecule has 1 atom stereocenters. The molecule has 100 valence electrons. The smallest absolute Gasteiger partial charge is 0.269 e. The third-order valence-corrected chi connectivity index (χ3v) is 3.43. The molecule has 1 aromatic carbocycles. The lowest BCUT2D eigenvalue weighted by Crippen LogP contribution is -2.32. The summed E-state index contributed by atoms with van der Waals surface area (Å²) in [5, 5.41) is 13.6. The fourth-order valence-corrected chi connectivity index (χ4v) is 2.61. The van der Waals surface area contributed by atoms with Crippen molar-refractivity contribution in [2.24, 2.45) is 0 Å². The van der Waals surface area contributed by atoms with Crippen LogP contribution >= 0.6 is 0 Å². The number of nitro groups is 1. The molecule has 0 radical (unpaired) electrons. The monoisotopic (exact) mass is 272 g/mol. The first-order chi connectivity index (χ1) is 8.28. The first-order valence-electron chi connectivity index (χ1n) is 5.42. The Bertz CT molecular complexity index is 528. The maximum Gasteiger partial charge on any atom is 0.269 e. The summed E-state index contributed by atoms with van der Waals surface area (Å²) >= 11 is 0. The maximum atomic E-state index is 11.1. The standard InChI is InChI=1S/C11H16N2O4S/c1-9(8-18(2,16)17)12-7-10-4-3-5-11(6-10)13(14)15/h3-6,9,12H,7-8H2,1-2H3. The van der Waals surface area contributed by atoms with Crippen LogP contribution < -0.4 is 5.32 Å². The van der Waals surface area contributed by atoms with Crippen LogP contribution in [0.2, 0.25) is 0 Å². The van der Waals surface area contributed by atoms with Crippen LogP contribution in [0.4, 0.5) is 5.69 Å². The predicted octanol–water partition coefficient (Wildman–Crippen LogP) is 1.12. The molecule has 0 spiro atoms. The van der Waals surface area contributed by atoms with Crippen molar-refractivity contribution in [3.8, 4) is 0 Å². The largest absolute Gasteiger partial charge is 0.309 e. The molecular formula is C11H16N2O4S. The SMILES string of the molecule is CC(CS(C)(=O)=O)NCc1cccc([N+](=O)[O-])c1. The number of nitrogens with one attached hydrogen (secondary N) is 1. The zero-order valence-electron chi connectivity index (χ0n) is 10.3. The third-order valence-electron chi connectivity index (χ3n) is 2.33. The van der Waals surface area contributed by atoms with Gasteiger partial charge in [0.15, 0.2) is 0 Å². The Kier molecular flexibility index (Phi) is 4.80. The van der Waals surface area contributed by atoms with E-state index < -0.39 is 14.8 Å². The Balaban J connectivity index is 2.58. The highest BCUT2D eigenvalue weighted by Gasteiger charge is 2.10. The molecule has 0 heterocycles. The third kappa shape index (κ3) is 5.24. The number of non-ortho nitro benzene ring substituents is 1. The molecule has 1 aromatic rings. The van der Waals surface area contributed by atoms with Crippen LogP contribution in [0.1, 0.15) is 12.5 Å². The molecule has 0 saturated carbocycles. The van der Waals surface area contributed by atoms with Crippen LogP contribution in [0.3, 0.4) is 0 Å². The van der Waals surface area contributed by atoms with Gasteiger partial charge in [0.2, 0.25) is 0 Å². The van der Waals surface area contributed by atoms with Crippen LogP contribution in [0.5, 0.6) is 0 Å². The minimum absolute atomic E-state index is 0.0325. The number of sulfone groups is 1. The van der Waals surface area contributed by atoms with Gasteiger partial charge in [-0.1, -0.05) is 12.1 Å². The first kappa shape index (κ1) is 14.6.